The van der Waals surface area contributed by atoms with Crippen molar-refractivity contribution in [3.8, 4) is 0 Å². The molecule has 0 aromatic heterocycles. The minimum Gasteiger partial charge on any atom is -0.512 e. The fourth-order valence-electron chi connectivity index (χ4n) is 0.563. The summed E-state index contributed by atoms with van der Waals surface area (Å²) >= 11 is 0. The van der Waals surface area contributed by atoms with E-state index in [9.17, 15) is 10.1 Å². The van der Waals surface area contributed by atoms with Gasteiger partial charge in [-0.05, 0) is 6.92 Å². The highest BCUT2D eigenvalue weighted by molar-refractivity contribution is 5.06. The van der Waals surface area contributed by atoms with E-state index in [4.69, 9.17) is 10.8 Å². The molecular formula is C7H12N2O3. The van der Waals surface area contributed by atoms with Gasteiger partial charge in [0, 0.05) is 23.1 Å². The smallest absolute Gasteiger partial charge is 0.225 e. The summed E-state index contributed by atoms with van der Waals surface area (Å²) in [5.41, 5.74) is 5.86. The maximum Gasteiger partial charge on any atom is 0.225 e. The predicted molar refractivity (Wildman–Crippen MR) is 45.1 cm³/mol. The van der Waals surface area contributed by atoms with Crippen LogP contribution in [-0.2, 0) is 0 Å². The summed E-state index contributed by atoms with van der Waals surface area (Å²) in [4.78, 5) is 9.34. The summed E-state index contributed by atoms with van der Waals surface area (Å²) in [5.74, 6) is -0.0673. The fraction of sp³-hybridized carbons (Fsp3) is 0.429. The monoisotopic (exact) mass is 172 g/mol. The van der Waals surface area contributed by atoms with Crippen LogP contribution in [0.2, 0.25) is 0 Å². The van der Waals surface area contributed by atoms with Gasteiger partial charge in [-0.15, -0.1) is 0 Å². The second-order valence-electron chi connectivity index (χ2n) is 2.25. The first-order valence-electron chi connectivity index (χ1n) is 3.46. The summed E-state index contributed by atoms with van der Waals surface area (Å²) in [6.45, 7) is 1.36. The van der Waals surface area contributed by atoms with Gasteiger partial charge in [0.1, 0.15) is 5.76 Å². The molecular weight excluding hydrogens is 160 g/mol. The molecule has 0 aromatic carbocycles. The van der Waals surface area contributed by atoms with Crippen LogP contribution in [0.1, 0.15) is 13.3 Å². The number of hydrogen-bond acceptors (Lipinski definition) is 4. The molecule has 0 aliphatic heterocycles. The largest absolute Gasteiger partial charge is 0.512 e. The maximum atomic E-state index is 9.86. The Hall–Kier alpha value is -1.52. The number of nitrogens with zero attached hydrogens (tertiary/aromatic N) is 1. The summed E-state index contributed by atoms with van der Waals surface area (Å²) in [6.07, 6.45) is 2.94. The Morgan fingerprint density at radius 3 is 2.75 bits per heavy atom. The van der Waals surface area contributed by atoms with Crippen molar-refractivity contribution in [1.82, 2.24) is 0 Å². The van der Waals surface area contributed by atoms with Crippen LogP contribution in [0.3, 0.4) is 0 Å². The molecule has 0 heterocycles. The molecule has 0 saturated carbocycles. The van der Waals surface area contributed by atoms with E-state index in [1.165, 1.54) is 0 Å². The van der Waals surface area contributed by atoms with Crippen molar-refractivity contribution < 1.29 is 10.0 Å². The Kier molecular flexibility index (Phi) is 4.52. The minimum atomic E-state index is -0.526. The number of rotatable bonds is 4. The van der Waals surface area contributed by atoms with E-state index in [1.807, 2.05) is 0 Å². The molecule has 0 spiro atoms. The van der Waals surface area contributed by atoms with Crippen LogP contribution in [0, 0.1) is 10.1 Å². The third-order valence-electron chi connectivity index (χ3n) is 1.23. The number of aliphatic hydroxyl groups is 1. The second kappa shape index (κ2) is 5.17. The molecule has 0 unspecified atom stereocenters. The molecule has 0 aliphatic carbocycles. The molecule has 0 fully saturated rings. The van der Waals surface area contributed by atoms with E-state index in [-0.39, 0.29) is 18.7 Å². The van der Waals surface area contributed by atoms with Gasteiger partial charge in [0.05, 0.1) is 0 Å². The fourth-order valence-corrected chi connectivity index (χ4v) is 0.563. The van der Waals surface area contributed by atoms with Crippen LogP contribution < -0.4 is 5.73 Å². The SMILES string of the molecule is C/C=C(/N)C/C(O)=C\C[N+](=O)[O-]. The lowest BCUT2D eigenvalue weighted by Gasteiger charge is -1.97. The molecule has 0 amide bonds. The van der Waals surface area contributed by atoms with Gasteiger partial charge in [0.15, 0.2) is 0 Å². The first kappa shape index (κ1) is 10.5. The average molecular weight is 172 g/mol. The van der Waals surface area contributed by atoms with Crippen LogP contribution in [0.5, 0.6) is 0 Å². The lowest BCUT2D eigenvalue weighted by molar-refractivity contribution is -0.468. The zero-order chi connectivity index (χ0) is 9.56. The molecule has 0 aliphatic rings. The molecule has 3 N–H and O–H groups in total. The molecule has 0 saturated heterocycles. The maximum absolute atomic E-state index is 9.86. The zero-order valence-electron chi connectivity index (χ0n) is 6.86. The van der Waals surface area contributed by atoms with Crippen molar-refractivity contribution >= 4 is 0 Å². The number of nitro groups is 1. The van der Waals surface area contributed by atoms with Crippen LogP contribution in [0.4, 0.5) is 0 Å². The molecule has 0 bridgehead atoms. The van der Waals surface area contributed by atoms with Crippen LogP contribution in [0.25, 0.3) is 0 Å². The van der Waals surface area contributed by atoms with Crippen molar-refractivity contribution in [1.29, 1.82) is 0 Å². The first-order chi connectivity index (χ1) is 5.56. The molecule has 0 aromatic rings. The van der Waals surface area contributed by atoms with Crippen LogP contribution in [0.15, 0.2) is 23.6 Å². The molecule has 0 rings (SSSR count). The standard InChI is InChI=1S/C7H12N2O3/c1-2-6(8)5-7(10)3-4-9(11)12/h2-3,10H,4-5,8H2,1H3/b6-2+,7-3+. The molecule has 0 radical (unpaired) electrons. The van der Waals surface area contributed by atoms with E-state index in [0.29, 0.717) is 5.70 Å². The van der Waals surface area contributed by atoms with Crippen molar-refractivity contribution in [3.63, 3.8) is 0 Å². The van der Waals surface area contributed by atoms with E-state index in [2.05, 4.69) is 0 Å². The highest BCUT2D eigenvalue weighted by atomic mass is 16.6. The minimum absolute atomic E-state index is 0.0673. The second-order valence-corrected chi connectivity index (χ2v) is 2.25. The van der Waals surface area contributed by atoms with Gasteiger partial charge in [-0.3, -0.25) is 10.1 Å². The summed E-state index contributed by atoms with van der Waals surface area (Å²) < 4.78 is 0. The average Bonchev–Trinajstić information content (AvgIpc) is 2.00. The Balaban J connectivity index is 3.94. The lowest BCUT2D eigenvalue weighted by Crippen LogP contribution is -2.01. The lowest BCUT2D eigenvalue weighted by atomic mass is 10.2. The number of aliphatic hydroxyl groups excluding tert-OH is 1. The number of nitrogens with two attached hydrogens (primary N) is 1. The quantitative estimate of drug-likeness (QED) is 0.375. The predicted octanol–water partition coefficient (Wildman–Crippen LogP) is 0.958. The van der Waals surface area contributed by atoms with Crippen molar-refractivity contribution in [2.24, 2.45) is 5.73 Å². The summed E-state index contributed by atoms with van der Waals surface area (Å²) in [6, 6.07) is 0. The Bertz CT molecular complexity index is 221. The Morgan fingerprint density at radius 1 is 1.75 bits per heavy atom. The van der Waals surface area contributed by atoms with Crippen molar-refractivity contribution in [2.45, 2.75) is 13.3 Å². The van der Waals surface area contributed by atoms with Gasteiger partial charge in [0.2, 0.25) is 6.54 Å². The molecule has 12 heavy (non-hydrogen) atoms. The summed E-state index contributed by atoms with van der Waals surface area (Å²) in [5, 5.41) is 18.9. The topological polar surface area (TPSA) is 89.4 Å². The zero-order valence-corrected chi connectivity index (χ0v) is 6.86. The van der Waals surface area contributed by atoms with E-state index in [1.54, 1.807) is 13.0 Å². The first-order valence-corrected chi connectivity index (χ1v) is 3.46. The van der Waals surface area contributed by atoms with Gasteiger partial charge in [-0.2, -0.15) is 0 Å². The number of allylic oxidation sites excluding steroid dienone is 1. The van der Waals surface area contributed by atoms with Crippen molar-refractivity contribution in [3.05, 3.63) is 33.7 Å². The highest BCUT2D eigenvalue weighted by Gasteiger charge is 1.98. The number of hydrogen-bond donors (Lipinski definition) is 2. The summed E-state index contributed by atoms with van der Waals surface area (Å²) in [7, 11) is 0. The van der Waals surface area contributed by atoms with Crippen LogP contribution in [-0.4, -0.2) is 16.6 Å². The van der Waals surface area contributed by atoms with E-state index < -0.39 is 4.92 Å². The van der Waals surface area contributed by atoms with Gasteiger partial charge in [-0.1, -0.05) is 6.08 Å². The van der Waals surface area contributed by atoms with E-state index in [0.717, 1.165) is 6.08 Å². The molecule has 0 atom stereocenters. The van der Waals surface area contributed by atoms with Gasteiger partial charge < -0.3 is 10.8 Å². The van der Waals surface area contributed by atoms with Gasteiger partial charge in [-0.25, -0.2) is 0 Å². The Morgan fingerprint density at radius 2 is 2.33 bits per heavy atom. The third-order valence-corrected chi connectivity index (χ3v) is 1.23. The molecule has 5 heteroatoms. The van der Waals surface area contributed by atoms with Gasteiger partial charge >= 0.3 is 0 Å². The van der Waals surface area contributed by atoms with Gasteiger partial charge in [0.25, 0.3) is 0 Å². The molecule has 5 nitrogen and oxygen atoms in total. The van der Waals surface area contributed by atoms with Crippen LogP contribution >= 0.6 is 0 Å². The van der Waals surface area contributed by atoms with E-state index >= 15 is 0 Å². The normalized spacial score (nSPS) is 13.1. The third kappa shape index (κ3) is 5.28. The molecule has 68 valence electrons. The highest BCUT2D eigenvalue weighted by Crippen LogP contribution is 2.01. The van der Waals surface area contributed by atoms with Crippen molar-refractivity contribution in [2.75, 3.05) is 6.54 Å². The Labute approximate surface area is 70.3 Å².